The van der Waals surface area contributed by atoms with Crippen LogP contribution in [0.5, 0.6) is 5.88 Å². The van der Waals surface area contributed by atoms with Crippen LogP contribution in [0.25, 0.3) is 32.9 Å². The number of H-pyrrole nitrogens is 1. The molecule has 0 aliphatic carbocycles. The van der Waals surface area contributed by atoms with Crippen molar-refractivity contribution in [3.05, 3.63) is 52.1 Å². The number of benzene rings is 1. The van der Waals surface area contributed by atoms with Crippen LogP contribution in [0.3, 0.4) is 0 Å². The lowest BCUT2D eigenvalue weighted by molar-refractivity contribution is 0.0264. The molecule has 0 radical (unpaired) electrons. The first-order valence-electron chi connectivity index (χ1n) is 10.6. The highest BCUT2D eigenvalue weighted by Crippen LogP contribution is 2.34. The molecule has 5 rings (SSSR count). The Morgan fingerprint density at radius 2 is 2.06 bits per heavy atom. The third-order valence-electron chi connectivity index (χ3n) is 6.34. The molecule has 1 aliphatic heterocycles. The van der Waals surface area contributed by atoms with E-state index in [1.165, 1.54) is 0 Å². The van der Waals surface area contributed by atoms with Gasteiger partial charge in [0.05, 0.1) is 42.4 Å². The Morgan fingerprint density at radius 3 is 2.81 bits per heavy atom. The van der Waals surface area contributed by atoms with Gasteiger partial charge in [0.15, 0.2) is 0 Å². The van der Waals surface area contributed by atoms with Gasteiger partial charge in [0.1, 0.15) is 0 Å². The molecule has 1 N–H and O–H groups in total. The predicted octanol–water partition coefficient (Wildman–Crippen LogP) is 4.16. The Hall–Kier alpha value is -3.19. The summed E-state index contributed by atoms with van der Waals surface area (Å²) in [6, 6.07) is 8.35. The number of pyridine rings is 2. The summed E-state index contributed by atoms with van der Waals surface area (Å²) in [7, 11) is 1.62. The highest BCUT2D eigenvalue weighted by Gasteiger charge is 2.27. The van der Waals surface area contributed by atoms with Gasteiger partial charge in [-0.3, -0.25) is 9.48 Å². The largest absolute Gasteiger partial charge is 0.481 e. The lowest BCUT2D eigenvalue weighted by Gasteiger charge is -2.29. The van der Waals surface area contributed by atoms with Gasteiger partial charge < -0.3 is 14.5 Å². The van der Waals surface area contributed by atoms with E-state index in [2.05, 4.69) is 34.1 Å². The van der Waals surface area contributed by atoms with Gasteiger partial charge in [0.25, 0.3) is 5.56 Å². The van der Waals surface area contributed by atoms with Crippen LogP contribution in [0.4, 0.5) is 0 Å². The number of aromatic nitrogens is 4. The van der Waals surface area contributed by atoms with E-state index in [9.17, 15) is 4.79 Å². The second-order valence-corrected chi connectivity index (χ2v) is 8.42. The molecule has 2 atom stereocenters. The molecule has 4 heterocycles. The molecule has 1 aliphatic rings. The van der Waals surface area contributed by atoms with Crippen molar-refractivity contribution in [3.63, 3.8) is 0 Å². The second kappa shape index (κ2) is 7.50. The Labute approximate surface area is 180 Å². The first-order valence-corrected chi connectivity index (χ1v) is 10.6. The molecular formula is C24H26N4O3. The van der Waals surface area contributed by atoms with Crippen molar-refractivity contribution in [1.29, 1.82) is 0 Å². The van der Waals surface area contributed by atoms with Crippen LogP contribution in [0.2, 0.25) is 0 Å². The number of aromatic amines is 1. The number of hydrogen-bond acceptors (Lipinski definition) is 5. The molecular weight excluding hydrogens is 392 g/mol. The summed E-state index contributed by atoms with van der Waals surface area (Å²) in [5.74, 6) is 0.935. The normalized spacial score (nSPS) is 19.2. The maximum Gasteiger partial charge on any atom is 0.259 e. The molecule has 1 saturated heterocycles. The van der Waals surface area contributed by atoms with Crippen molar-refractivity contribution in [2.75, 3.05) is 20.3 Å². The average Bonchev–Trinajstić information content (AvgIpc) is 3.19. The van der Waals surface area contributed by atoms with E-state index in [0.29, 0.717) is 30.4 Å². The molecule has 3 aromatic heterocycles. The quantitative estimate of drug-likeness (QED) is 0.540. The molecule has 1 fully saturated rings. The fraction of sp³-hybridized carbons (Fsp3) is 0.375. The number of ether oxygens (including phenoxy) is 2. The van der Waals surface area contributed by atoms with Crippen LogP contribution in [0.15, 0.2) is 35.3 Å². The van der Waals surface area contributed by atoms with Gasteiger partial charge in [-0.15, -0.1) is 0 Å². The van der Waals surface area contributed by atoms with Gasteiger partial charge in [0, 0.05) is 35.2 Å². The maximum absolute atomic E-state index is 12.9. The fourth-order valence-electron chi connectivity index (χ4n) is 4.82. The van der Waals surface area contributed by atoms with Crippen LogP contribution in [0.1, 0.15) is 30.6 Å². The van der Waals surface area contributed by atoms with Crippen LogP contribution >= 0.6 is 0 Å². The average molecular weight is 418 g/mol. The monoisotopic (exact) mass is 418 g/mol. The van der Waals surface area contributed by atoms with Gasteiger partial charge in [0.2, 0.25) is 5.88 Å². The standard InChI is InChI=1S/C24H26N4O3/c1-13-9-21(30-4)26-15(3)22(13)16-5-6-17-19(10-16)27-24(29)18-11-25-28(23(17)18)20-7-8-31-12-14(20)2/h5-6,9-11,14,20H,7-8,12H2,1-4H3,(H,27,29)/t14-,20+/m1/s1. The summed E-state index contributed by atoms with van der Waals surface area (Å²) in [4.78, 5) is 20.5. The van der Waals surface area contributed by atoms with E-state index in [-0.39, 0.29) is 11.6 Å². The SMILES string of the molecule is COc1cc(C)c(-c2ccc3c(c2)[nH]c(=O)c2cnn([C@H]4CCOC[C@H]4C)c23)c(C)n1. The zero-order valence-electron chi connectivity index (χ0n) is 18.2. The van der Waals surface area contributed by atoms with Crippen molar-refractivity contribution < 1.29 is 9.47 Å². The summed E-state index contributed by atoms with van der Waals surface area (Å²) < 4.78 is 12.9. The number of nitrogens with zero attached hydrogens (tertiary/aromatic N) is 3. The third-order valence-corrected chi connectivity index (χ3v) is 6.34. The number of hydrogen-bond donors (Lipinski definition) is 1. The number of nitrogens with one attached hydrogen (secondary N) is 1. The van der Waals surface area contributed by atoms with Crippen LogP contribution < -0.4 is 10.3 Å². The minimum absolute atomic E-state index is 0.119. The van der Waals surface area contributed by atoms with Crippen molar-refractivity contribution in [3.8, 4) is 17.0 Å². The Bertz CT molecular complexity index is 1330. The predicted molar refractivity (Wildman–Crippen MR) is 121 cm³/mol. The molecule has 0 amide bonds. The maximum atomic E-state index is 12.9. The summed E-state index contributed by atoms with van der Waals surface area (Å²) in [5.41, 5.74) is 5.60. The van der Waals surface area contributed by atoms with Gasteiger partial charge >= 0.3 is 0 Å². The Balaban J connectivity index is 1.72. The van der Waals surface area contributed by atoms with Gasteiger partial charge in [-0.2, -0.15) is 5.10 Å². The molecule has 31 heavy (non-hydrogen) atoms. The minimum Gasteiger partial charge on any atom is -0.481 e. The number of rotatable bonds is 3. The topological polar surface area (TPSA) is 82.0 Å². The van der Waals surface area contributed by atoms with E-state index in [1.54, 1.807) is 13.3 Å². The van der Waals surface area contributed by atoms with Crippen molar-refractivity contribution >= 4 is 21.8 Å². The molecule has 4 aromatic rings. The number of fused-ring (bicyclic) bond motifs is 3. The number of aryl methyl sites for hydroxylation is 2. The van der Waals surface area contributed by atoms with Crippen molar-refractivity contribution in [1.82, 2.24) is 19.7 Å². The van der Waals surface area contributed by atoms with Gasteiger partial charge in [-0.25, -0.2) is 4.98 Å². The molecule has 1 aromatic carbocycles. The minimum atomic E-state index is -0.119. The first kappa shape index (κ1) is 19.8. The van der Waals surface area contributed by atoms with Crippen molar-refractivity contribution in [2.45, 2.75) is 33.2 Å². The second-order valence-electron chi connectivity index (χ2n) is 8.42. The Kier molecular flexibility index (Phi) is 4.78. The lowest BCUT2D eigenvalue weighted by atomic mass is 9.96. The van der Waals surface area contributed by atoms with Crippen molar-refractivity contribution in [2.24, 2.45) is 5.92 Å². The number of methoxy groups -OCH3 is 1. The Morgan fingerprint density at radius 1 is 1.23 bits per heavy atom. The van der Waals surface area contributed by atoms with E-state index < -0.39 is 0 Å². The zero-order valence-corrected chi connectivity index (χ0v) is 18.2. The van der Waals surface area contributed by atoms with Crippen LogP contribution in [0, 0.1) is 19.8 Å². The zero-order chi connectivity index (χ0) is 21.7. The van der Waals surface area contributed by atoms with E-state index in [0.717, 1.165) is 45.2 Å². The first-order chi connectivity index (χ1) is 15.0. The van der Waals surface area contributed by atoms with E-state index >= 15 is 0 Å². The van der Waals surface area contributed by atoms with E-state index in [1.807, 2.05) is 30.7 Å². The highest BCUT2D eigenvalue weighted by molar-refractivity contribution is 6.04. The molecule has 7 heteroatoms. The molecule has 0 bridgehead atoms. The molecule has 0 saturated carbocycles. The molecule has 7 nitrogen and oxygen atoms in total. The molecule has 160 valence electrons. The summed E-state index contributed by atoms with van der Waals surface area (Å²) in [5, 5.41) is 6.24. The summed E-state index contributed by atoms with van der Waals surface area (Å²) in [6.07, 6.45) is 2.58. The fourth-order valence-corrected chi connectivity index (χ4v) is 4.82. The van der Waals surface area contributed by atoms with Gasteiger partial charge in [-0.05, 0) is 37.5 Å². The van der Waals surface area contributed by atoms with Crippen LogP contribution in [-0.2, 0) is 4.74 Å². The highest BCUT2D eigenvalue weighted by atomic mass is 16.5. The summed E-state index contributed by atoms with van der Waals surface area (Å²) in [6.45, 7) is 7.62. The summed E-state index contributed by atoms with van der Waals surface area (Å²) >= 11 is 0. The molecule has 0 spiro atoms. The van der Waals surface area contributed by atoms with Gasteiger partial charge in [-0.1, -0.05) is 19.1 Å². The third kappa shape index (κ3) is 3.20. The smallest absolute Gasteiger partial charge is 0.259 e. The van der Waals surface area contributed by atoms with Crippen LogP contribution in [-0.4, -0.2) is 40.1 Å². The van der Waals surface area contributed by atoms with E-state index in [4.69, 9.17) is 9.47 Å². The lowest BCUT2D eigenvalue weighted by Crippen LogP contribution is -2.28. The molecule has 0 unspecified atom stereocenters.